The molecule has 0 radical (unpaired) electrons. The molecule has 0 bridgehead atoms. The molecule has 0 spiro atoms. The lowest BCUT2D eigenvalue weighted by Gasteiger charge is -1.99. The third-order valence-electron chi connectivity index (χ3n) is 1.55. The standard InChI is InChI=1S/C8H13F2N3O2/c1-11-4-8-12-7(13-15-8)2-3-14-5-6(9)10/h6,11H,2-5H2,1H3. The second-order valence-electron chi connectivity index (χ2n) is 2.85. The Balaban J connectivity index is 2.19. The van der Waals surface area contributed by atoms with Crippen molar-refractivity contribution in [2.45, 2.75) is 19.4 Å². The quantitative estimate of drug-likeness (QED) is 0.684. The predicted octanol–water partition coefficient (Wildman–Crippen LogP) is 0.613. The highest BCUT2D eigenvalue weighted by atomic mass is 19.3. The van der Waals surface area contributed by atoms with Crippen LogP contribution in [-0.4, -0.2) is 36.8 Å². The monoisotopic (exact) mass is 221 g/mol. The molecule has 1 aromatic rings. The van der Waals surface area contributed by atoms with Gasteiger partial charge in [0.15, 0.2) is 5.82 Å². The SMILES string of the molecule is CNCc1nc(CCOCC(F)F)no1. The maximum absolute atomic E-state index is 11.7. The smallest absolute Gasteiger partial charge is 0.261 e. The van der Waals surface area contributed by atoms with Crippen LogP contribution in [0.5, 0.6) is 0 Å². The van der Waals surface area contributed by atoms with Crippen molar-refractivity contribution in [2.24, 2.45) is 0 Å². The van der Waals surface area contributed by atoms with E-state index in [0.29, 0.717) is 24.7 Å². The summed E-state index contributed by atoms with van der Waals surface area (Å²) in [6.07, 6.45) is -2.06. The second kappa shape index (κ2) is 6.41. The number of nitrogens with zero attached hydrogens (tertiary/aromatic N) is 2. The van der Waals surface area contributed by atoms with Gasteiger partial charge in [-0.1, -0.05) is 5.16 Å². The number of rotatable bonds is 7. The van der Waals surface area contributed by atoms with E-state index < -0.39 is 13.0 Å². The summed E-state index contributed by atoms with van der Waals surface area (Å²) in [4.78, 5) is 4.01. The first kappa shape index (κ1) is 12.0. The van der Waals surface area contributed by atoms with E-state index in [-0.39, 0.29) is 6.61 Å². The summed E-state index contributed by atoms with van der Waals surface area (Å²) in [7, 11) is 1.76. The Hall–Kier alpha value is -1.08. The van der Waals surface area contributed by atoms with Gasteiger partial charge < -0.3 is 14.6 Å². The van der Waals surface area contributed by atoms with Crippen molar-refractivity contribution in [1.82, 2.24) is 15.5 Å². The predicted molar refractivity (Wildman–Crippen MR) is 47.6 cm³/mol. The average molecular weight is 221 g/mol. The summed E-state index contributed by atoms with van der Waals surface area (Å²) >= 11 is 0. The minimum atomic E-state index is -2.44. The van der Waals surface area contributed by atoms with Gasteiger partial charge in [-0.3, -0.25) is 0 Å². The molecule has 7 heteroatoms. The molecule has 0 aliphatic heterocycles. The Morgan fingerprint density at radius 2 is 2.33 bits per heavy atom. The first-order valence-electron chi connectivity index (χ1n) is 4.54. The van der Waals surface area contributed by atoms with E-state index in [1.165, 1.54) is 0 Å². The summed E-state index contributed by atoms with van der Waals surface area (Å²) in [5.41, 5.74) is 0. The van der Waals surface area contributed by atoms with E-state index in [1.54, 1.807) is 7.05 Å². The van der Waals surface area contributed by atoms with Crippen LogP contribution in [-0.2, 0) is 17.7 Å². The molecule has 0 atom stereocenters. The van der Waals surface area contributed by atoms with Crippen LogP contribution in [0.3, 0.4) is 0 Å². The summed E-state index contributed by atoms with van der Waals surface area (Å²) in [6.45, 7) is 0.106. The minimum absolute atomic E-state index is 0.170. The van der Waals surface area contributed by atoms with Crippen molar-refractivity contribution in [3.63, 3.8) is 0 Å². The van der Waals surface area contributed by atoms with Crippen LogP contribution in [0.25, 0.3) is 0 Å². The van der Waals surface area contributed by atoms with Crippen LogP contribution in [0, 0.1) is 0 Å². The Morgan fingerprint density at radius 1 is 1.53 bits per heavy atom. The number of aromatic nitrogens is 2. The topological polar surface area (TPSA) is 60.2 Å². The molecule has 0 aromatic carbocycles. The van der Waals surface area contributed by atoms with Crippen molar-refractivity contribution in [3.8, 4) is 0 Å². The normalized spacial score (nSPS) is 11.2. The van der Waals surface area contributed by atoms with Crippen LogP contribution in [0.1, 0.15) is 11.7 Å². The number of halogens is 2. The van der Waals surface area contributed by atoms with E-state index in [4.69, 9.17) is 4.52 Å². The molecule has 1 N–H and O–H groups in total. The first-order chi connectivity index (χ1) is 7.22. The molecule has 0 saturated carbocycles. The van der Waals surface area contributed by atoms with Crippen molar-refractivity contribution in [1.29, 1.82) is 0 Å². The van der Waals surface area contributed by atoms with E-state index in [9.17, 15) is 8.78 Å². The highest BCUT2D eigenvalue weighted by Crippen LogP contribution is 1.99. The number of hydrogen-bond donors (Lipinski definition) is 1. The molecule has 86 valence electrons. The van der Waals surface area contributed by atoms with Crippen LogP contribution in [0.2, 0.25) is 0 Å². The van der Waals surface area contributed by atoms with Crippen LogP contribution >= 0.6 is 0 Å². The van der Waals surface area contributed by atoms with Gasteiger partial charge in [-0.2, -0.15) is 4.98 Å². The fraction of sp³-hybridized carbons (Fsp3) is 0.750. The maximum atomic E-state index is 11.7. The molecular formula is C8H13F2N3O2. The molecule has 0 aliphatic rings. The molecule has 0 amide bonds. The zero-order valence-corrected chi connectivity index (χ0v) is 8.37. The van der Waals surface area contributed by atoms with Crippen LogP contribution < -0.4 is 5.32 Å². The highest BCUT2D eigenvalue weighted by molar-refractivity contribution is 4.85. The molecule has 1 rings (SSSR count). The molecule has 1 aromatic heterocycles. The molecule has 5 nitrogen and oxygen atoms in total. The molecule has 0 fully saturated rings. The third kappa shape index (κ3) is 4.80. The summed E-state index contributed by atoms with van der Waals surface area (Å²) in [6, 6.07) is 0. The van der Waals surface area contributed by atoms with Gasteiger partial charge in [-0.25, -0.2) is 8.78 Å². The van der Waals surface area contributed by atoms with E-state index in [0.717, 1.165) is 0 Å². The van der Waals surface area contributed by atoms with Gasteiger partial charge in [0.1, 0.15) is 6.61 Å². The van der Waals surface area contributed by atoms with Gasteiger partial charge >= 0.3 is 0 Å². The van der Waals surface area contributed by atoms with E-state index in [2.05, 4.69) is 20.2 Å². The summed E-state index contributed by atoms with van der Waals surface area (Å²) in [5, 5.41) is 6.51. The first-order valence-corrected chi connectivity index (χ1v) is 4.54. The Morgan fingerprint density at radius 3 is 3.00 bits per heavy atom. The van der Waals surface area contributed by atoms with Gasteiger partial charge in [0, 0.05) is 6.42 Å². The van der Waals surface area contributed by atoms with E-state index in [1.807, 2.05) is 0 Å². The lowest BCUT2D eigenvalue weighted by molar-refractivity contribution is 0.0182. The molecule has 0 saturated heterocycles. The molecule has 15 heavy (non-hydrogen) atoms. The molecule has 1 heterocycles. The van der Waals surface area contributed by atoms with E-state index >= 15 is 0 Å². The summed E-state index contributed by atoms with van der Waals surface area (Å²) in [5.74, 6) is 0.941. The Bertz CT molecular complexity index is 281. The van der Waals surface area contributed by atoms with Gasteiger partial charge in [-0.05, 0) is 7.05 Å². The van der Waals surface area contributed by atoms with Crippen molar-refractivity contribution in [2.75, 3.05) is 20.3 Å². The molecule has 0 aliphatic carbocycles. The third-order valence-corrected chi connectivity index (χ3v) is 1.55. The number of ether oxygens (including phenoxy) is 1. The zero-order valence-electron chi connectivity index (χ0n) is 8.37. The average Bonchev–Trinajstić information content (AvgIpc) is 2.61. The Kier molecular flexibility index (Phi) is 5.13. The fourth-order valence-electron chi connectivity index (χ4n) is 0.951. The zero-order chi connectivity index (χ0) is 11.1. The number of nitrogens with one attached hydrogen (secondary N) is 1. The van der Waals surface area contributed by atoms with Gasteiger partial charge in [0.05, 0.1) is 13.2 Å². The Labute approximate surface area is 85.8 Å². The van der Waals surface area contributed by atoms with Crippen molar-refractivity contribution >= 4 is 0 Å². The molecule has 0 unspecified atom stereocenters. The van der Waals surface area contributed by atoms with Crippen LogP contribution in [0.4, 0.5) is 8.78 Å². The maximum Gasteiger partial charge on any atom is 0.261 e. The number of hydrogen-bond acceptors (Lipinski definition) is 5. The molecular weight excluding hydrogens is 208 g/mol. The van der Waals surface area contributed by atoms with Crippen molar-refractivity contribution < 1.29 is 18.0 Å². The lowest BCUT2D eigenvalue weighted by Crippen LogP contribution is -2.08. The van der Waals surface area contributed by atoms with Crippen LogP contribution in [0.15, 0.2) is 4.52 Å². The van der Waals surface area contributed by atoms with Gasteiger partial charge in [-0.15, -0.1) is 0 Å². The minimum Gasteiger partial charge on any atom is -0.375 e. The highest BCUT2D eigenvalue weighted by Gasteiger charge is 2.06. The number of alkyl halides is 2. The summed E-state index contributed by atoms with van der Waals surface area (Å²) < 4.78 is 32.9. The van der Waals surface area contributed by atoms with Gasteiger partial charge in [0.2, 0.25) is 5.89 Å². The largest absolute Gasteiger partial charge is 0.375 e. The van der Waals surface area contributed by atoms with Crippen molar-refractivity contribution in [3.05, 3.63) is 11.7 Å². The van der Waals surface area contributed by atoms with Gasteiger partial charge in [0.25, 0.3) is 6.43 Å². The lowest BCUT2D eigenvalue weighted by atomic mass is 10.4. The fourth-order valence-corrected chi connectivity index (χ4v) is 0.951. The second-order valence-corrected chi connectivity index (χ2v) is 2.85.